The first-order chi connectivity index (χ1) is 6.79. The van der Waals surface area contributed by atoms with E-state index >= 15 is 0 Å². The van der Waals surface area contributed by atoms with Gasteiger partial charge >= 0.3 is 0 Å². The number of aryl methyl sites for hydroxylation is 2. The molecule has 0 saturated heterocycles. The van der Waals surface area contributed by atoms with Gasteiger partial charge in [-0.2, -0.15) is 0 Å². The molecule has 1 heterocycles. The third kappa shape index (κ3) is 2.02. The summed E-state index contributed by atoms with van der Waals surface area (Å²) in [7, 11) is -2.55. The van der Waals surface area contributed by atoms with Crippen LogP contribution >= 0.6 is 0 Å². The van der Waals surface area contributed by atoms with Crippen LogP contribution in [0.4, 0.5) is 0 Å². The van der Waals surface area contributed by atoms with E-state index < -0.39 is 15.9 Å². The Morgan fingerprint density at radius 2 is 1.87 bits per heavy atom. The molecule has 0 saturated carbocycles. The maximum Gasteiger partial charge on any atom is 0.255 e. The van der Waals surface area contributed by atoms with Gasteiger partial charge in [0.05, 0.1) is 0 Å². The summed E-state index contributed by atoms with van der Waals surface area (Å²) in [6.45, 7) is 2.95. The van der Waals surface area contributed by atoms with Gasteiger partial charge in [0.2, 0.25) is 10.0 Å². The van der Waals surface area contributed by atoms with Crippen LogP contribution in [-0.2, 0) is 10.0 Å². The minimum atomic E-state index is -3.95. The molecular weight excluding hydrogens is 220 g/mol. The third-order valence-electron chi connectivity index (χ3n) is 1.94. The quantitative estimate of drug-likeness (QED) is 0.743. The molecule has 0 atom stereocenters. The smallest absolute Gasteiger partial charge is 0.255 e. The molecular formula is C8H12N2O4S. The Morgan fingerprint density at radius 3 is 2.27 bits per heavy atom. The van der Waals surface area contributed by atoms with Gasteiger partial charge in [-0.05, 0) is 13.8 Å². The van der Waals surface area contributed by atoms with E-state index in [2.05, 4.69) is 5.32 Å². The van der Waals surface area contributed by atoms with Crippen molar-refractivity contribution in [1.82, 2.24) is 5.32 Å². The van der Waals surface area contributed by atoms with Crippen LogP contribution in [-0.4, -0.2) is 21.4 Å². The highest BCUT2D eigenvalue weighted by molar-refractivity contribution is 7.89. The van der Waals surface area contributed by atoms with Crippen molar-refractivity contribution < 1.29 is 17.6 Å². The fourth-order valence-corrected chi connectivity index (χ4v) is 2.36. The first-order valence-electron chi connectivity index (χ1n) is 4.14. The van der Waals surface area contributed by atoms with Crippen LogP contribution in [0.3, 0.4) is 0 Å². The van der Waals surface area contributed by atoms with E-state index in [1.54, 1.807) is 0 Å². The van der Waals surface area contributed by atoms with Gasteiger partial charge in [-0.3, -0.25) is 4.79 Å². The monoisotopic (exact) mass is 232 g/mol. The minimum absolute atomic E-state index is 0.0301. The highest BCUT2D eigenvalue weighted by Gasteiger charge is 2.27. The second-order valence-corrected chi connectivity index (χ2v) is 4.54. The van der Waals surface area contributed by atoms with Crippen LogP contribution in [0.15, 0.2) is 9.31 Å². The molecule has 15 heavy (non-hydrogen) atoms. The molecule has 0 radical (unpaired) electrons. The number of amides is 1. The van der Waals surface area contributed by atoms with Gasteiger partial charge in [0.15, 0.2) is 0 Å². The standard InChI is InChI=1S/C8H12N2O4S/c1-4-6(8(11)10-3)7(5(2)14-4)15(9,12)13/h1-3H3,(H,10,11)(H2,9,12,13). The number of primary sulfonamides is 1. The lowest BCUT2D eigenvalue weighted by Gasteiger charge is -2.00. The molecule has 0 aliphatic carbocycles. The number of carbonyl (C=O) groups excluding carboxylic acids is 1. The highest BCUT2D eigenvalue weighted by atomic mass is 32.2. The Kier molecular flexibility index (Phi) is 2.87. The summed E-state index contributed by atoms with van der Waals surface area (Å²) in [6, 6.07) is 0. The lowest BCUT2D eigenvalue weighted by atomic mass is 10.2. The molecule has 0 aliphatic rings. The number of hydrogen-bond acceptors (Lipinski definition) is 4. The number of hydrogen-bond donors (Lipinski definition) is 2. The zero-order valence-corrected chi connectivity index (χ0v) is 9.44. The molecule has 84 valence electrons. The summed E-state index contributed by atoms with van der Waals surface area (Å²) in [4.78, 5) is 11.2. The molecule has 1 aromatic heterocycles. The molecule has 0 aliphatic heterocycles. The van der Waals surface area contributed by atoms with Gasteiger partial charge in [-0.15, -0.1) is 0 Å². The highest BCUT2D eigenvalue weighted by Crippen LogP contribution is 2.25. The lowest BCUT2D eigenvalue weighted by Crippen LogP contribution is -2.23. The van der Waals surface area contributed by atoms with E-state index in [0.717, 1.165) is 0 Å². The minimum Gasteiger partial charge on any atom is -0.464 e. The third-order valence-corrected chi connectivity index (χ3v) is 3.00. The summed E-state index contributed by atoms with van der Waals surface area (Å²) in [5.41, 5.74) is -0.0301. The SMILES string of the molecule is CNC(=O)c1c(C)oc(C)c1S(N)(=O)=O. The van der Waals surface area contributed by atoms with E-state index in [4.69, 9.17) is 9.56 Å². The summed E-state index contributed by atoms with van der Waals surface area (Å²) in [5.74, 6) is -0.183. The zero-order valence-electron chi connectivity index (χ0n) is 8.62. The number of nitrogens with two attached hydrogens (primary N) is 1. The van der Waals surface area contributed by atoms with Gasteiger partial charge in [-0.1, -0.05) is 0 Å². The number of sulfonamides is 1. The lowest BCUT2D eigenvalue weighted by molar-refractivity contribution is 0.0958. The molecule has 0 bridgehead atoms. The van der Waals surface area contributed by atoms with Crippen molar-refractivity contribution >= 4 is 15.9 Å². The maximum atomic E-state index is 11.4. The molecule has 0 fully saturated rings. The zero-order chi connectivity index (χ0) is 11.8. The predicted octanol–water partition coefficient (Wildman–Crippen LogP) is -0.0966. The maximum absolute atomic E-state index is 11.4. The average molecular weight is 232 g/mol. The summed E-state index contributed by atoms with van der Waals surface area (Å²) in [5, 5.41) is 7.33. The van der Waals surface area contributed by atoms with Crippen molar-refractivity contribution in [3.05, 3.63) is 17.1 Å². The average Bonchev–Trinajstić information content (AvgIpc) is 2.38. The molecule has 3 N–H and O–H groups in total. The van der Waals surface area contributed by atoms with Gasteiger partial charge in [0.1, 0.15) is 22.0 Å². The van der Waals surface area contributed by atoms with E-state index in [1.807, 2.05) is 0 Å². The molecule has 1 amide bonds. The van der Waals surface area contributed by atoms with E-state index in [9.17, 15) is 13.2 Å². The number of rotatable bonds is 2. The Labute approximate surface area is 87.5 Å². The predicted molar refractivity (Wildman–Crippen MR) is 52.9 cm³/mol. The van der Waals surface area contributed by atoms with Gasteiger partial charge in [0, 0.05) is 7.05 Å². The van der Waals surface area contributed by atoms with E-state index in [1.165, 1.54) is 20.9 Å². The van der Waals surface area contributed by atoms with Gasteiger partial charge < -0.3 is 9.73 Å². The van der Waals surface area contributed by atoms with Crippen molar-refractivity contribution in [1.29, 1.82) is 0 Å². The second-order valence-electron chi connectivity index (χ2n) is 3.04. The molecule has 1 rings (SSSR count). The van der Waals surface area contributed by atoms with Crippen LogP contribution < -0.4 is 10.5 Å². The summed E-state index contributed by atoms with van der Waals surface area (Å²) < 4.78 is 27.6. The number of nitrogens with one attached hydrogen (secondary N) is 1. The molecule has 7 heteroatoms. The van der Waals surface area contributed by atoms with Crippen LogP contribution in [0, 0.1) is 13.8 Å². The van der Waals surface area contributed by atoms with Crippen LogP contribution in [0.5, 0.6) is 0 Å². The van der Waals surface area contributed by atoms with Gasteiger partial charge in [-0.25, -0.2) is 13.6 Å². The Morgan fingerprint density at radius 1 is 1.33 bits per heavy atom. The first-order valence-corrected chi connectivity index (χ1v) is 5.68. The van der Waals surface area contributed by atoms with Crippen LogP contribution in [0.25, 0.3) is 0 Å². The van der Waals surface area contributed by atoms with Crippen molar-refractivity contribution in [2.24, 2.45) is 5.14 Å². The van der Waals surface area contributed by atoms with Crippen molar-refractivity contribution in [2.45, 2.75) is 18.7 Å². The summed E-state index contributed by atoms with van der Waals surface area (Å²) in [6.07, 6.45) is 0. The van der Waals surface area contributed by atoms with Crippen LogP contribution in [0.2, 0.25) is 0 Å². The molecule has 1 aromatic rings. The second kappa shape index (κ2) is 3.67. The Balaban J connectivity index is 3.58. The Hall–Kier alpha value is -1.34. The molecule has 0 aromatic carbocycles. The van der Waals surface area contributed by atoms with Crippen LogP contribution in [0.1, 0.15) is 21.9 Å². The fourth-order valence-electron chi connectivity index (χ4n) is 1.39. The van der Waals surface area contributed by atoms with E-state index in [-0.39, 0.29) is 22.0 Å². The van der Waals surface area contributed by atoms with Crippen molar-refractivity contribution in [3.8, 4) is 0 Å². The first kappa shape index (κ1) is 11.7. The molecule has 0 unspecified atom stereocenters. The number of carbonyl (C=O) groups is 1. The molecule has 6 nitrogen and oxygen atoms in total. The summed E-state index contributed by atoms with van der Waals surface area (Å²) >= 11 is 0. The van der Waals surface area contributed by atoms with Crippen molar-refractivity contribution in [2.75, 3.05) is 7.05 Å². The van der Waals surface area contributed by atoms with Gasteiger partial charge in [0.25, 0.3) is 5.91 Å². The van der Waals surface area contributed by atoms with Crippen molar-refractivity contribution in [3.63, 3.8) is 0 Å². The Bertz CT molecular complexity index is 501. The molecule has 0 spiro atoms. The topological polar surface area (TPSA) is 102 Å². The number of furan rings is 1. The largest absolute Gasteiger partial charge is 0.464 e. The van der Waals surface area contributed by atoms with E-state index in [0.29, 0.717) is 0 Å². The fraction of sp³-hybridized carbons (Fsp3) is 0.375. The normalized spacial score (nSPS) is 11.5.